The van der Waals surface area contributed by atoms with E-state index in [9.17, 15) is 14.7 Å². The molecule has 3 aromatic carbocycles. The number of hydrogen-bond donors (Lipinski definition) is 3. The molecule has 6 heteroatoms. The van der Waals surface area contributed by atoms with Crippen LogP contribution in [0.25, 0.3) is 10.8 Å². The lowest BCUT2D eigenvalue weighted by atomic mass is 10.0. The van der Waals surface area contributed by atoms with Gasteiger partial charge in [0.05, 0.1) is 12.2 Å². The molecule has 0 aliphatic heterocycles. The second kappa shape index (κ2) is 15.7. The maximum Gasteiger partial charge on any atom is 0.255 e. The van der Waals surface area contributed by atoms with Crippen molar-refractivity contribution < 1.29 is 19.4 Å². The first-order valence-electron chi connectivity index (χ1n) is 14.0. The van der Waals surface area contributed by atoms with Crippen LogP contribution in [0.15, 0.2) is 54.6 Å². The van der Waals surface area contributed by atoms with Gasteiger partial charge in [-0.1, -0.05) is 95.0 Å². The predicted octanol–water partition coefficient (Wildman–Crippen LogP) is 7.73. The van der Waals surface area contributed by atoms with Gasteiger partial charge >= 0.3 is 0 Å². The Morgan fingerprint density at radius 3 is 2.24 bits per heavy atom. The van der Waals surface area contributed by atoms with Crippen LogP contribution in [0.4, 0.5) is 5.69 Å². The van der Waals surface area contributed by atoms with Crippen LogP contribution >= 0.6 is 0 Å². The number of nitrogens with one attached hydrogen (secondary N) is 2. The van der Waals surface area contributed by atoms with E-state index in [0.717, 1.165) is 23.8 Å². The van der Waals surface area contributed by atoms with Gasteiger partial charge in [0.2, 0.25) is 5.91 Å². The first-order valence-corrected chi connectivity index (χ1v) is 14.0. The molecular weight excluding hydrogens is 476 g/mol. The molecule has 0 unspecified atom stereocenters. The Bertz CT molecular complexity index is 1190. The largest absolute Gasteiger partial charge is 0.506 e. The Morgan fingerprint density at radius 1 is 0.842 bits per heavy atom. The van der Waals surface area contributed by atoms with Crippen LogP contribution in [0.2, 0.25) is 0 Å². The molecule has 0 aliphatic carbocycles. The number of rotatable bonds is 16. The van der Waals surface area contributed by atoms with Crippen LogP contribution in [0.3, 0.4) is 0 Å². The second-order valence-electron chi connectivity index (χ2n) is 9.90. The Kier molecular flexibility index (Phi) is 12.0. The highest BCUT2D eigenvalue weighted by atomic mass is 16.5. The Labute approximate surface area is 226 Å². The van der Waals surface area contributed by atoms with Gasteiger partial charge in [-0.25, -0.2) is 0 Å². The molecule has 0 bridgehead atoms. The molecule has 3 rings (SSSR count). The van der Waals surface area contributed by atoms with Crippen LogP contribution in [0, 0.1) is 0 Å². The van der Waals surface area contributed by atoms with E-state index in [4.69, 9.17) is 4.74 Å². The number of aromatic hydroxyl groups is 1. The van der Waals surface area contributed by atoms with Crippen molar-refractivity contribution in [1.82, 2.24) is 5.32 Å². The van der Waals surface area contributed by atoms with Gasteiger partial charge in [0, 0.05) is 24.5 Å². The molecule has 3 N–H and O–H groups in total. The van der Waals surface area contributed by atoms with Crippen LogP contribution in [-0.2, 0) is 11.3 Å². The minimum absolute atomic E-state index is 0.0451. The summed E-state index contributed by atoms with van der Waals surface area (Å²) < 4.78 is 5.97. The predicted molar refractivity (Wildman–Crippen MR) is 155 cm³/mol. The van der Waals surface area contributed by atoms with E-state index in [1.807, 2.05) is 36.4 Å². The highest BCUT2D eigenvalue weighted by Gasteiger charge is 2.15. The molecule has 3 aromatic rings. The van der Waals surface area contributed by atoms with E-state index >= 15 is 0 Å². The number of hydrogen-bond acceptors (Lipinski definition) is 4. The Morgan fingerprint density at radius 2 is 1.53 bits per heavy atom. The average molecular weight is 519 g/mol. The Hall–Kier alpha value is -3.54. The number of carbonyl (C=O) groups excluding carboxylic acids is 2. The van der Waals surface area contributed by atoms with Crippen molar-refractivity contribution in [2.24, 2.45) is 0 Å². The average Bonchev–Trinajstić information content (AvgIpc) is 2.91. The molecular formula is C32H42N2O4. The van der Waals surface area contributed by atoms with Crippen molar-refractivity contribution in [2.45, 2.75) is 84.6 Å². The fourth-order valence-electron chi connectivity index (χ4n) is 4.61. The first kappa shape index (κ1) is 29.0. The van der Waals surface area contributed by atoms with Crippen molar-refractivity contribution >= 4 is 28.3 Å². The standard InChI is InChI=1S/C32H42N2O4/c1-3-4-5-6-7-8-9-10-11-14-21-38-27-18-20-30(34-24(2)35)26(22-27)23-33-32(37)29-19-17-25-15-12-13-16-28(25)31(29)36/h12-13,15-20,22,36H,3-11,14,21,23H2,1-2H3,(H,33,37)(H,34,35). The fraction of sp³-hybridized carbons (Fsp3) is 0.438. The van der Waals surface area contributed by atoms with E-state index < -0.39 is 5.91 Å². The van der Waals surface area contributed by atoms with Gasteiger partial charge in [0.25, 0.3) is 5.91 Å². The molecule has 0 atom stereocenters. The summed E-state index contributed by atoms with van der Waals surface area (Å²) in [5, 5.41) is 17.8. The van der Waals surface area contributed by atoms with Crippen molar-refractivity contribution in [1.29, 1.82) is 0 Å². The van der Waals surface area contributed by atoms with Gasteiger partial charge in [-0.15, -0.1) is 0 Å². The third-order valence-electron chi connectivity index (χ3n) is 6.74. The lowest BCUT2D eigenvalue weighted by Crippen LogP contribution is -2.24. The van der Waals surface area contributed by atoms with Crippen LogP contribution in [-0.4, -0.2) is 23.5 Å². The molecule has 0 aromatic heterocycles. The number of benzene rings is 3. The smallest absolute Gasteiger partial charge is 0.255 e. The van der Waals surface area contributed by atoms with Gasteiger partial charge in [-0.2, -0.15) is 0 Å². The number of phenols is 1. The zero-order chi connectivity index (χ0) is 27.2. The summed E-state index contributed by atoms with van der Waals surface area (Å²) in [6.07, 6.45) is 12.7. The molecule has 204 valence electrons. The van der Waals surface area contributed by atoms with E-state index in [0.29, 0.717) is 23.4 Å². The van der Waals surface area contributed by atoms with Crippen LogP contribution < -0.4 is 15.4 Å². The van der Waals surface area contributed by atoms with E-state index in [1.165, 1.54) is 58.3 Å². The zero-order valence-electron chi connectivity index (χ0n) is 22.9. The van der Waals surface area contributed by atoms with Crippen molar-refractivity contribution in [3.05, 3.63) is 65.7 Å². The number of amides is 2. The number of ether oxygens (including phenoxy) is 1. The van der Waals surface area contributed by atoms with E-state index in [1.54, 1.807) is 18.2 Å². The monoisotopic (exact) mass is 518 g/mol. The molecule has 0 aliphatic rings. The Balaban J connectivity index is 1.51. The number of anilines is 1. The molecule has 0 saturated heterocycles. The summed E-state index contributed by atoms with van der Waals surface area (Å²) in [5.74, 6) is 0.0755. The SMILES string of the molecule is CCCCCCCCCCCCOc1ccc(NC(C)=O)c(CNC(=O)c2ccc3ccccc3c2O)c1. The van der Waals surface area contributed by atoms with E-state index in [-0.39, 0.29) is 23.8 Å². The lowest BCUT2D eigenvalue weighted by molar-refractivity contribution is -0.114. The number of phenolic OH excluding ortho intramolecular Hbond substituents is 1. The molecule has 2 amide bonds. The third kappa shape index (κ3) is 9.09. The maximum atomic E-state index is 12.9. The first-order chi connectivity index (χ1) is 18.5. The summed E-state index contributed by atoms with van der Waals surface area (Å²) in [6.45, 7) is 4.51. The van der Waals surface area contributed by atoms with Gasteiger partial charge in [-0.05, 0) is 41.6 Å². The quantitative estimate of drug-likeness (QED) is 0.169. The number of unbranched alkanes of at least 4 members (excludes halogenated alkanes) is 9. The molecule has 38 heavy (non-hydrogen) atoms. The molecule has 0 radical (unpaired) electrons. The molecule has 6 nitrogen and oxygen atoms in total. The fourth-order valence-corrected chi connectivity index (χ4v) is 4.61. The van der Waals surface area contributed by atoms with Crippen molar-refractivity contribution in [2.75, 3.05) is 11.9 Å². The maximum absolute atomic E-state index is 12.9. The number of fused-ring (bicyclic) bond motifs is 1. The van der Waals surface area contributed by atoms with Crippen molar-refractivity contribution in [3.63, 3.8) is 0 Å². The molecule has 0 saturated carbocycles. The summed E-state index contributed by atoms with van der Waals surface area (Å²) in [7, 11) is 0. The second-order valence-corrected chi connectivity index (χ2v) is 9.90. The zero-order valence-corrected chi connectivity index (χ0v) is 22.9. The summed E-state index contributed by atoms with van der Waals surface area (Å²) >= 11 is 0. The third-order valence-corrected chi connectivity index (χ3v) is 6.74. The lowest BCUT2D eigenvalue weighted by Gasteiger charge is -2.14. The summed E-state index contributed by atoms with van der Waals surface area (Å²) in [6, 6.07) is 16.3. The molecule has 0 fully saturated rings. The minimum atomic E-state index is -0.390. The highest BCUT2D eigenvalue weighted by Crippen LogP contribution is 2.29. The van der Waals surface area contributed by atoms with Gasteiger partial charge in [-0.3, -0.25) is 9.59 Å². The van der Waals surface area contributed by atoms with Crippen LogP contribution in [0.1, 0.15) is 94.0 Å². The van der Waals surface area contributed by atoms with E-state index in [2.05, 4.69) is 17.6 Å². The summed E-state index contributed by atoms with van der Waals surface area (Å²) in [5.41, 5.74) is 1.55. The topological polar surface area (TPSA) is 87.7 Å². The van der Waals surface area contributed by atoms with Gasteiger partial charge in [0.15, 0.2) is 0 Å². The number of carbonyl (C=O) groups is 2. The highest BCUT2D eigenvalue weighted by molar-refractivity contribution is 6.03. The van der Waals surface area contributed by atoms with Gasteiger partial charge in [0.1, 0.15) is 11.5 Å². The van der Waals surface area contributed by atoms with Gasteiger partial charge < -0.3 is 20.5 Å². The van der Waals surface area contributed by atoms with Crippen LogP contribution in [0.5, 0.6) is 11.5 Å². The minimum Gasteiger partial charge on any atom is -0.506 e. The van der Waals surface area contributed by atoms with Crippen molar-refractivity contribution in [3.8, 4) is 11.5 Å². The molecule has 0 heterocycles. The molecule has 0 spiro atoms. The normalized spacial score (nSPS) is 10.9. The summed E-state index contributed by atoms with van der Waals surface area (Å²) in [4.78, 5) is 24.6.